The van der Waals surface area contributed by atoms with Crippen LogP contribution < -0.4 is 5.32 Å². The predicted molar refractivity (Wildman–Crippen MR) is 153 cm³/mol. The maximum atomic E-state index is 12.1. The van der Waals surface area contributed by atoms with Gasteiger partial charge in [0, 0.05) is 13.3 Å². The molecule has 10 heteroatoms. The lowest BCUT2D eigenvalue weighted by molar-refractivity contribution is -0.304. The molecule has 15 atom stereocenters. The molecule has 0 aromatic carbocycles. The van der Waals surface area contributed by atoms with Crippen molar-refractivity contribution in [1.29, 1.82) is 0 Å². The van der Waals surface area contributed by atoms with Crippen molar-refractivity contribution in [2.24, 2.45) is 46.3 Å². The third-order valence-corrected chi connectivity index (χ3v) is 12.8. The van der Waals surface area contributed by atoms with E-state index in [1.807, 2.05) is 0 Å². The molecule has 240 valence electrons. The van der Waals surface area contributed by atoms with Crippen LogP contribution in [0.25, 0.3) is 0 Å². The van der Waals surface area contributed by atoms with Crippen molar-refractivity contribution < 1.29 is 44.6 Å². The summed E-state index contributed by atoms with van der Waals surface area (Å²) in [5.74, 6) is 0.814. The van der Waals surface area contributed by atoms with Gasteiger partial charge in [-0.3, -0.25) is 9.59 Å². The number of rotatable bonds is 8. The lowest BCUT2D eigenvalue weighted by Crippen LogP contribution is -2.66. The van der Waals surface area contributed by atoms with Crippen molar-refractivity contribution in [3.8, 4) is 0 Å². The molecule has 6 N–H and O–H groups in total. The standard InChI is InChI=1S/C32H53NO9/c1-16(5-8-25(37)38)20-6-7-21-26-22(10-12-32(20,21)4)31(3)11-9-19(36)13-18(31)14-23(26)41-30-27(33-17(2)35)29(40)28(39)24(15-34)42-30/h16,18-24,26-30,34,36,39-40H,5-15H2,1-4H3,(H,33,35)(H,37,38)/t16-,18+,19+,20-,21?,22?,23?,24+,26?,27+,28?,29+,30+,31+,32-/m1/s1. The Labute approximate surface area is 249 Å². The molecule has 0 bridgehead atoms. The van der Waals surface area contributed by atoms with E-state index in [1.165, 1.54) is 6.92 Å². The quantitative estimate of drug-likeness (QED) is 0.231. The molecule has 1 heterocycles. The number of carbonyl (C=O) groups is 2. The summed E-state index contributed by atoms with van der Waals surface area (Å²) in [7, 11) is 0. The van der Waals surface area contributed by atoms with Crippen LogP contribution in [0.5, 0.6) is 0 Å². The second-order valence-corrected chi connectivity index (χ2v) is 14.9. The van der Waals surface area contributed by atoms with Gasteiger partial charge in [-0.1, -0.05) is 20.8 Å². The van der Waals surface area contributed by atoms with E-state index in [2.05, 4.69) is 26.1 Å². The number of ether oxygens (including phenoxy) is 2. The summed E-state index contributed by atoms with van der Waals surface area (Å²) in [6, 6.07) is -0.994. The zero-order chi connectivity index (χ0) is 30.6. The minimum absolute atomic E-state index is 0.0475. The summed E-state index contributed by atoms with van der Waals surface area (Å²) >= 11 is 0. The highest BCUT2D eigenvalue weighted by Crippen LogP contribution is 2.69. The number of carbonyl (C=O) groups excluding carboxylic acids is 1. The Morgan fingerprint density at radius 1 is 1.00 bits per heavy atom. The number of nitrogens with one attached hydrogen (secondary N) is 1. The van der Waals surface area contributed by atoms with Crippen LogP contribution in [0, 0.1) is 46.3 Å². The lowest BCUT2D eigenvalue weighted by atomic mass is 9.43. The summed E-state index contributed by atoms with van der Waals surface area (Å²) in [6.45, 7) is 7.86. The number of aliphatic hydroxyl groups excluding tert-OH is 4. The van der Waals surface area contributed by atoms with Gasteiger partial charge in [0.05, 0.1) is 18.8 Å². The van der Waals surface area contributed by atoms with Gasteiger partial charge in [0.2, 0.25) is 5.91 Å². The molecule has 0 radical (unpaired) electrons. The van der Waals surface area contributed by atoms with Gasteiger partial charge in [-0.15, -0.1) is 0 Å². The van der Waals surface area contributed by atoms with Gasteiger partial charge in [-0.25, -0.2) is 0 Å². The van der Waals surface area contributed by atoms with Gasteiger partial charge < -0.3 is 40.3 Å². The number of aliphatic hydroxyl groups is 4. The van der Waals surface area contributed by atoms with Gasteiger partial charge in [-0.2, -0.15) is 0 Å². The monoisotopic (exact) mass is 595 g/mol. The molecule has 4 aliphatic carbocycles. The fraction of sp³-hybridized carbons (Fsp3) is 0.938. The van der Waals surface area contributed by atoms with Crippen LogP contribution in [-0.4, -0.2) is 86.9 Å². The first kappa shape index (κ1) is 32.1. The second kappa shape index (κ2) is 12.2. The molecule has 0 aromatic heterocycles. The molecule has 42 heavy (non-hydrogen) atoms. The minimum Gasteiger partial charge on any atom is -0.481 e. The van der Waals surface area contributed by atoms with Crippen molar-refractivity contribution in [3.05, 3.63) is 0 Å². The Morgan fingerprint density at radius 2 is 1.69 bits per heavy atom. The zero-order valence-corrected chi connectivity index (χ0v) is 25.7. The van der Waals surface area contributed by atoms with E-state index < -0.39 is 43.2 Å². The summed E-state index contributed by atoms with van der Waals surface area (Å²) in [4.78, 5) is 23.5. The summed E-state index contributed by atoms with van der Waals surface area (Å²) < 4.78 is 12.9. The van der Waals surface area contributed by atoms with E-state index in [1.54, 1.807) is 0 Å². The van der Waals surface area contributed by atoms with E-state index in [-0.39, 0.29) is 47.2 Å². The highest BCUT2D eigenvalue weighted by atomic mass is 16.7. The average molecular weight is 596 g/mol. The molecule has 1 amide bonds. The van der Waals surface area contributed by atoms with Gasteiger partial charge in [-0.05, 0) is 104 Å². The van der Waals surface area contributed by atoms with Crippen LogP contribution in [0.1, 0.15) is 91.9 Å². The van der Waals surface area contributed by atoms with E-state index in [4.69, 9.17) is 9.47 Å². The van der Waals surface area contributed by atoms with Crippen molar-refractivity contribution in [1.82, 2.24) is 5.32 Å². The first-order valence-electron chi connectivity index (χ1n) is 16.2. The smallest absolute Gasteiger partial charge is 0.303 e. The highest BCUT2D eigenvalue weighted by molar-refractivity contribution is 5.73. The summed E-state index contributed by atoms with van der Waals surface area (Å²) in [6.07, 6.45) is 2.90. The number of fused-ring (bicyclic) bond motifs is 5. The molecule has 5 unspecified atom stereocenters. The molecular weight excluding hydrogens is 542 g/mol. The minimum atomic E-state index is -1.37. The van der Waals surface area contributed by atoms with Crippen molar-refractivity contribution in [2.75, 3.05) is 6.61 Å². The van der Waals surface area contributed by atoms with Crippen molar-refractivity contribution in [2.45, 2.75) is 135 Å². The van der Waals surface area contributed by atoms with E-state index in [0.717, 1.165) is 51.4 Å². The third kappa shape index (κ3) is 5.65. The summed E-state index contributed by atoms with van der Waals surface area (Å²) in [5, 5.41) is 54.1. The predicted octanol–water partition coefficient (Wildman–Crippen LogP) is 2.45. The second-order valence-electron chi connectivity index (χ2n) is 14.9. The number of hydrogen-bond donors (Lipinski definition) is 6. The third-order valence-electron chi connectivity index (χ3n) is 12.8. The van der Waals surface area contributed by atoms with Crippen LogP contribution in [0.4, 0.5) is 0 Å². The molecule has 0 aromatic rings. The van der Waals surface area contributed by atoms with Gasteiger partial charge in [0.15, 0.2) is 6.29 Å². The maximum absolute atomic E-state index is 12.1. The normalized spacial score (nSPS) is 49.3. The number of carboxylic acids is 1. The van der Waals surface area contributed by atoms with Gasteiger partial charge in [0.1, 0.15) is 24.4 Å². The van der Waals surface area contributed by atoms with Crippen LogP contribution in [0.2, 0.25) is 0 Å². The van der Waals surface area contributed by atoms with Crippen LogP contribution in [0.3, 0.4) is 0 Å². The van der Waals surface area contributed by atoms with Crippen LogP contribution in [0.15, 0.2) is 0 Å². The average Bonchev–Trinajstić information content (AvgIpc) is 3.29. The van der Waals surface area contributed by atoms with E-state index in [9.17, 15) is 35.1 Å². The highest BCUT2D eigenvalue weighted by Gasteiger charge is 2.64. The Kier molecular flexibility index (Phi) is 9.36. The van der Waals surface area contributed by atoms with Gasteiger partial charge >= 0.3 is 5.97 Å². The topological polar surface area (TPSA) is 166 Å². The van der Waals surface area contributed by atoms with E-state index in [0.29, 0.717) is 30.1 Å². The molecule has 1 saturated heterocycles. The first-order chi connectivity index (χ1) is 19.8. The molecule has 10 nitrogen and oxygen atoms in total. The van der Waals surface area contributed by atoms with Crippen molar-refractivity contribution >= 4 is 11.9 Å². The summed E-state index contributed by atoms with van der Waals surface area (Å²) in [5.41, 5.74) is 0.123. The molecule has 1 aliphatic heterocycles. The maximum Gasteiger partial charge on any atom is 0.303 e. The number of hydrogen-bond acceptors (Lipinski definition) is 8. The molecule has 5 aliphatic rings. The number of aliphatic carboxylic acids is 1. The van der Waals surface area contributed by atoms with Crippen LogP contribution >= 0.6 is 0 Å². The number of carboxylic acid groups (broad SMARTS) is 1. The molecule has 4 saturated carbocycles. The zero-order valence-electron chi connectivity index (χ0n) is 25.7. The Hall–Kier alpha value is -1.30. The Bertz CT molecular complexity index is 995. The molecular formula is C32H53NO9. The van der Waals surface area contributed by atoms with Crippen molar-refractivity contribution in [3.63, 3.8) is 0 Å². The fourth-order valence-corrected chi connectivity index (χ4v) is 10.6. The Morgan fingerprint density at radius 3 is 2.36 bits per heavy atom. The molecule has 5 fully saturated rings. The molecule has 5 rings (SSSR count). The SMILES string of the molecule is CC(=O)N[C@@H]1[C@@H](OC2C[C@@H]3C[C@@H](O)CC[C@]3(C)C3CC[C@@]4(C)C(CC[C@@H]4[C@H](C)CCC(=O)O)C23)O[C@@H](CO)C(O)[C@H]1O. The Balaban J connectivity index is 1.47. The fourth-order valence-electron chi connectivity index (χ4n) is 10.6. The largest absolute Gasteiger partial charge is 0.481 e. The lowest BCUT2D eigenvalue weighted by Gasteiger charge is -2.63. The van der Waals surface area contributed by atoms with Gasteiger partial charge in [0.25, 0.3) is 0 Å². The number of amides is 1. The van der Waals surface area contributed by atoms with Crippen LogP contribution in [-0.2, 0) is 19.1 Å². The first-order valence-corrected chi connectivity index (χ1v) is 16.2. The molecule has 0 spiro atoms. The van der Waals surface area contributed by atoms with E-state index >= 15 is 0 Å².